The number of aromatic amines is 1. The second-order valence-corrected chi connectivity index (χ2v) is 3.95. The first kappa shape index (κ1) is 9.87. The average molecular weight is 275 g/mol. The van der Waals surface area contributed by atoms with Gasteiger partial charge in [0, 0.05) is 22.4 Å². The summed E-state index contributed by atoms with van der Waals surface area (Å²) < 4.78 is 5.16. The van der Waals surface area contributed by atoms with Crippen molar-refractivity contribution in [2.24, 2.45) is 0 Å². The number of hydrogen-bond acceptors (Lipinski definition) is 1. The molecule has 0 aliphatic heterocycles. The van der Waals surface area contributed by atoms with Crippen molar-refractivity contribution in [1.29, 1.82) is 0 Å². The molecule has 1 aromatic carbocycles. The molecule has 0 saturated heterocycles. The lowest BCUT2D eigenvalue weighted by atomic mass is 10.2. The number of ether oxygens (including phenoxy) is 1. The number of rotatable bonds is 2. The molecule has 0 unspecified atom stereocenters. The Morgan fingerprint density at radius 3 is 2.93 bits per heavy atom. The molecule has 2 rings (SSSR count). The molecule has 0 aliphatic carbocycles. The van der Waals surface area contributed by atoms with Crippen molar-refractivity contribution in [3.63, 3.8) is 0 Å². The maximum atomic E-state index is 6.00. The maximum absolute atomic E-state index is 6.00. The summed E-state index contributed by atoms with van der Waals surface area (Å²) in [6.07, 6.45) is 1.97. The van der Waals surface area contributed by atoms with E-state index in [4.69, 9.17) is 16.3 Å². The molecule has 74 valence electrons. The van der Waals surface area contributed by atoms with Gasteiger partial charge in [-0.1, -0.05) is 27.5 Å². The second kappa shape index (κ2) is 3.83. The van der Waals surface area contributed by atoms with E-state index in [0.29, 0.717) is 10.8 Å². The molecule has 4 heteroatoms. The van der Waals surface area contributed by atoms with Crippen LogP contribution in [0.5, 0.6) is 5.75 Å². The average Bonchev–Trinajstić information content (AvgIpc) is 2.58. The summed E-state index contributed by atoms with van der Waals surface area (Å²) in [5, 5.41) is 2.59. The Bertz CT molecular complexity index is 466. The summed E-state index contributed by atoms with van der Waals surface area (Å²) in [5.41, 5.74) is 2.24. The van der Waals surface area contributed by atoms with E-state index in [1.807, 2.05) is 18.3 Å². The molecule has 1 heterocycles. The quantitative estimate of drug-likeness (QED) is 0.830. The molecule has 0 radical (unpaired) electrons. The van der Waals surface area contributed by atoms with Gasteiger partial charge in [0.25, 0.3) is 0 Å². The Labute approximate surface area is 95.3 Å². The Hall–Kier alpha value is -0.670. The first-order valence-electron chi connectivity index (χ1n) is 4.15. The topological polar surface area (TPSA) is 25.0 Å². The van der Waals surface area contributed by atoms with Crippen LogP contribution in [0.3, 0.4) is 0 Å². The van der Waals surface area contributed by atoms with E-state index >= 15 is 0 Å². The summed E-state index contributed by atoms with van der Waals surface area (Å²) in [6, 6.07) is 3.83. The number of methoxy groups -OCH3 is 1. The smallest absolute Gasteiger partial charge is 0.138 e. The molecule has 14 heavy (non-hydrogen) atoms. The number of hydrogen-bond donors (Lipinski definition) is 1. The molecule has 0 fully saturated rings. The summed E-state index contributed by atoms with van der Waals surface area (Å²) in [6.45, 7) is 0. The number of aromatic nitrogens is 1. The van der Waals surface area contributed by atoms with Crippen LogP contribution >= 0.6 is 27.5 Å². The zero-order valence-corrected chi connectivity index (χ0v) is 9.95. The minimum Gasteiger partial charge on any atom is -0.495 e. The zero-order chi connectivity index (χ0) is 10.1. The van der Waals surface area contributed by atoms with Crippen molar-refractivity contribution in [3.8, 4) is 5.75 Å². The van der Waals surface area contributed by atoms with Gasteiger partial charge in [0.1, 0.15) is 5.75 Å². The summed E-state index contributed by atoms with van der Waals surface area (Å²) in [7, 11) is 1.62. The third-order valence-electron chi connectivity index (χ3n) is 2.18. The van der Waals surface area contributed by atoms with E-state index in [-0.39, 0.29) is 0 Å². The van der Waals surface area contributed by atoms with Gasteiger partial charge in [-0.25, -0.2) is 0 Å². The van der Waals surface area contributed by atoms with Gasteiger partial charge in [-0.3, -0.25) is 0 Å². The molecule has 0 amide bonds. The van der Waals surface area contributed by atoms with E-state index < -0.39 is 0 Å². The third kappa shape index (κ3) is 1.51. The van der Waals surface area contributed by atoms with E-state index in [1.54, 1.807) is 7.11 Å². The molecule has 1 N–H and O–H groups in total. The normalized spacial score (nSPS) is 10.8. The Balaban J connectivity index is 2.70. The molecular formula is C10H9BrClNO. The lowest BCUT2D eigenvalue weighted by molar-refractivity contribution is 0.415. The van der Waals surface area contributed by atoms with Gasteiger partial charge in [-0.05, 0) is 17.7 Å². The maximum Gasteiger partial charge on any atom is 0.138 e. The number of halogens is 2. The Morgan fingerprint density at radius 2 is 2.29 bits per heavy atom. The molecule has 2 aromatic rings. The van der Waals surface area contributed by atoms with E-state index in [0.717, 1.165) is 16.2 Å². The molecule has 2 nitrogen and oxygen atoms in total. The van der Waals surface area contributed by atoms with Crippen LogP contribution in [-0.2, 0) is 5.33 Å². The molecule has 0 bridgehead atoms. The third-order valence-corrected chi connectivity index (χ3v) is 3.08. The van der Waals surface area contributed by atoms with Crippen LogP contribution in [0.2, 0.25) is 5.02 Å². The van der Waals surface area contributed by atoms with E-state index in [1.165, 1.54) is 5.56 Å². The highest BCUT2D eigenvalue weighted by molar-refractivity contribution is 9.08. The standard InChI is InChI=1S/C10H9BrClNO/c1-14-10-2-7-6(4-11)5-13-9(7)3-8(10)12/h2-3,5,13H,4H2,1H3. The monoisotopic (exact) mass is 273 g/mol. The fraction of sp³-hybridized carbons (Fsp3) is 0.200. The minimum absolute atomic E-state index is 0.628. The zero-order valence-electron chi connectivity index (χ0n) is 7.60. The van der Waals surface area contributed by atoms with Crippen molar-refractivity contribution in [3.05, 3.63) is 28.9 Å². The number of nitrogens with one attached hydrogen (secondary N) is 1. The van der Waals surface area contributed by atoms with E-state index in [9.17, 15) is 0 Å². The van der Waals surface area contributed by atoms with Gasteiger partial charge in [-0.2, -0.15) is 0 Å². The van der Waals surface area contributed by atoms with Gasteiger partial charge < -0.3 is 9.72 Å². The van der Waals surface area contributed by atoms with Crippen LogP contribution in [0.25, 0.3) is 10.9 Å². The van der Waals surface area contributed by atoms with Crippen LogP contribution < -0.4 is 4.74 Å². The minimum atomic E-state index is 0.628. The molecular weight excluding hydrogens is 265 g/mol. The molecule has 0 saturated carbocycles. The van der Waals surface area contributed by atoms with E-state index in [2.05, 4.69) is 20.9 Å². The van der Waals surface area contributed by atoms with Gasteiger partial charge in [0.2, 0.25) is 0 Å². The molecule has 0 aliphatic rings. The van der Waals surface area contributed by atoms with Crippen LogP contribution in [-0.4, -0.2) is 12.1 Å². The van der Waals surface area contributed by atoms with Crippen LogP contribution in [0.4, 0.5) is 0 Å². The highest BCUT2D eigenvalue weighted by atomic mass is 79.9. The number of alkyl halides is 1. The Morgan fingerprint density at radius 1 is 1.50 bits per heavy atom. The highest BCUT2D eigenvalue weighted by Gasteiger charge is 2.07. The van der Waals surface area contributed by atoms with Crippen molar-refractivity contribution in [2.45, 2.75) is 5.33 Å². The summed E-state index contributed by atoms with van der Waals surface area (Å²) >= 11 is 9.43. The second-order valence-electron chi connectivity index (χ2n) is 2.98. The van der Waals surface area contributed by atoms with Crippen molar-refractivity contribution in [2.75, 3.05) is 7.11 Å². The lowest BCUT2D eigenvalue weighted by Gasteiger charge is -2.03. The predicted molar refractivity (Wildman–Crippen MR) is 62.5 cm³/mol. The fourth-order valence-corrected chi connectivity index (χ4v) is 2.15. The number of benzene rings is 1. The summed E-state index contributed by atoms with van der Waals surface area (Å²) in [4.78, 5) is 3.16. The highest BCUT2D eigenvalue weighted by Crippen LogP contribution is 2.31. The molecule has 0 atom stereocenters. The van der Waals surface area contributed by atoms with Gasteiger partial charge in [0.05, 0.1) is 12.1 Å². The van der Waals surface area contributed by atoms with Crippen molar-refractivity contribution < 1.29 is 4.74 Å². The number of H-pyrrole nitrogens is 1. The SMILES string of the molecule is COc1cc2c(CBr)c[nH]c2cc1Cl. The molecule has 0 spiro atoms. The first-order chi connectivity index (χ1) is 6.76. The largest absolute Gasteiger partial charge is 0.495 e. The predicted octanol–water partition coefficient (Wildman–Crippen LogP) is 3.72. The molecule has 1 aromatic heterocycles. The fourth-order valence-electron chi connectivity index (χ4n) is 1.45. The van der Waals surface area contributed by atoms with Crippen molar-refractivity contribution in [1.82, 2.24) is 4.98 Å². The summed E-state index contributed by atoms with van der Waals surface area (Å²) in [5.74, 6) is 0.709. The Kier molecular flexibility index (Phi) is 2.70. The first-order valence-corrected chi connectivity index (χ1v) is 5.65. The van der Waals surface area contributed by atoms with Gasteiger partial charge in [0.15, 0.2) is 0 Å². The number of fused-ring (bicyclic) bond motifs is 1. The van der Waals surface area contributed by atoms with Crippen LogP contribution in [0.15, 0.2) is 18.3 Å². The lowest BCUT2D eigenvalue weighted by Crippen LogP contribution is -1.84. The van der Waals surface area contributed by atoms with Gasteiger partial charge in [-0.15, -0.1) is 0 Å². The van der Waals surface area contributed by atoms with Crippen molar-refractivity contribution >= 4 is 38.4 Å². The van der Waals surface area contributed by atoms with Crippen LogP contribution in [0, 0.1) is 0 Å². The van der Waals surface area contributed by atoms with Gasteiger partial charge >= 0.3 is 0 Å². The van der Waals surface area contributed by atoms with Crippen LogP contribution in [0.1, 0.15) is 5.56 Å².